The second kappa shape index (κ2) is 4.30. The third kappa shape index (κ3) is 3.75. The first-order valence-electron chi connectivity index (χ1n) is 6.46. The molecular weight excluding hydrogens is 260 g/mol. The Morgan fingerprint density at radius 1 is 0.938 bits per heavy atom. The maximum Gasteiger partial charge on any atom is 0.0235 e. The highest BCUT2D eigenvalue weighted by atomic mass is 79.9. The summed E-state index contributed by atoms with van der Waals surface area (Å²) in [5.74, 6) is 1.43. The monoisotopic (exact) mass is 287 g/mol. The zero-order valence-electron chi connectivity index (χ0n) is 12.0. The second-order valence-corrected chi connectivity index (χ2v) is 9.87. The highest BCUT2D eigenvalue weighted by Gasteiger charge is 2.43. The molecule has 1 saturated carbocycles. The van der Waals surface area contributed by atoms with E-state index in [-0.39, 0.29) is 0 Å². The molecule has 1 aliphatic carbocycles. The van der Waals surface area contributed by atoms with E-state index in [0.29, 0.717) is 15.2 Å². The smallest absolute Gasteiger partial charge is 0.0235 e. The minimum Gasteiger partial charge on any atom is -0.0856 e. The molecule has 1 aliphatic rings. The molecule has 0 N–H and O–H groups in total. The van der Waals surface area contributed by atoms with Crippen molar-refractivity contribution in [2.45, 2.75) is 65.6 Å². The van der Waals surface area contributed by atoms with E-state index < -0.39 is 0 Å². The van der Waals surface area contributed by atoms with E-state index in [1.54, 1.807) is 0 Å². The first kappa shape index (κ1) is 14.5. The average molecular weight is 288 g/mol. The average Bonchev–Trinajstić information content (AvgIpc) is 1.97. The van der Waals surface area contributed by atoms with Crippen molar-refractivity contribution in [3.8, 4) is 0 Å². The normalized spacial score (nSPS) is 37.5. The summed E-state index contributed by atoms with van der Waals surface area (Å²) in [5, 5.41) is 0. The summed E-state index contributed by atoms with van der Waals surface area (Å²) in [7, 11) is 0. The van der Waals surface area contributed by atoms with Gasteiger partial charge in [-0.3, -0.25) is 0 Å². The van der Waals surface area contributed by atoms with E-state index in [0.717, 1.165) is 11.8 Å². The maximum atomic E-state index is 3.94. The van der Waals surface area contributed by atoms with E-state index >= 15 is 0 Å². The quantitative estimate of drug-likeness (QED) is 0.519. The lowest BCUT2D eigenvalue weighted by molar-refractivity contribution is 0.127. The van der Waals surface area contributed by atoms with Gasteiger partial charge >= 0.3 is 0 Å². The molecule has 0 aliphatic heterocycles. The van der Waals surface area contributed by atoms with Crippen LogP contribution in [0, 0.1) is 29.1 Å². The van der Waals surface area contributed by atoms with Crippen LogP contribution in [-0.4, -0.2) is 4.32 Å². The molecule has 0 aromatic rings. The van der Waals surface area contributed by atoms with Gasteiger partial charge in [0.2, 0.25) is 0 Å². The first-order valence-corrected chi connectivity index (χ1v) is 7.25. The van der Waals surface area contributed by atoms with Crippen molar-refractivity contribution in [2.75, 3.05) is 0 Å². The molecule has 0 saturated heterocycles. The van der Waals surface area contributed by atoms with E-state index in [4.69, 9.17) is 0 Å². The fourth-order valence-corrected chi connectivity index (χ4v) is 3.30. The van der Waals surface area contributed by atoms with Crippen molar-refractivity contribution in [1.82, 2.24) is 0 Å². The Labute approximate surface area is 111 Å². The van der Waals surface area contributed by atoms with Gasteiger partial charge in [0.25, 0.3) is 0 Å². The summed E-state index contributed by atoms with van der Waals surface area (Å²) >= 11 is 3.94. The van der Waals surface area contributed by atoms with Gasteiger partial charge in [-0.15, -0.1) is 0 Å². The maximum absolute atomic E-state index is 3.94. The van der Waals surface area contributed by atoms with E-state index in [2.05, 4.69) is 70.8 Å². The molecular formula is C15H28Br. The Morgan fingerprint density at radius 3 is 1.50 bits per heavy atom. The van der Waals surface area contributed by atoms with Crippen LogP contribution < -0.4 is 0 Å². The molecule has 0 amide bonds. The molecule has 2 unspecified atom stereocenters. The number of hydrogen-bond donors (Lipinski definition) is 0. The van der Waals surface area contributed by atoms with Gasteiger partial charge in [0.05, 0.1) is 0 Å². The molecule has 16 heavy (non-hydrogen) atoms. The van der Waals surface area contributed by atoms with Crippen molar-refractivity contribution in [1.29, 1.82) is 0 Å². The predicted octanol–water partition coefficient (Wildman–Crippen LogP) is 5.46. The summed E-state index contributed by atoms with van der Waals surface area (Å²) in [6, 6.07) is 0. The zero-order chi connectivity index (χ0) is 12.8. The summed E-state index contributed by atoms with van der Waals surface area (Å²) in [6.45, 7) is 16.5. The Morgan fingerprint density at radius 2 is 1.25 bits per heavy atom. The largest absolute Gasteiger partial charge is 0.0856 e. The van der Waals surface area contributed by atoms with Crippen LogP contribution in [0.2, 0.25) is 0 Å². The minimum absolute atomic E-state index is 0.317. The molecule has 0 heterocycles. The van der Waals surface area contributed by atoms with Gasteiger partial charge in [-0.25, -0.2) is 0 Å². The fraction of sp³-hybridized carbons (Fsp3) is 0.933. The molecule has 1 radical (unpaired) electrons. The van der Waals surface area contributed by atoms with E-state index in [1.165, 1.54) is 12.8 Å². The lowest BCUT2D eigenvalue weighted by Gasteiger charge is -2.48. The van der Waals surface area contributed by atoms with Gasteiger partial charge in [-0.2, -0.15) is 0 Å². The van der Waals surface area contributed by atoms with Gasteiger partial charge in [0.15, 0.2) is 0 Å². The van der Waals surface area contributed by atoms with Crippen LogP contribution in [-0.2, 0) is 0 Å². The van der Waals surface area contributed by atoms with Gasteiger partial charge in [-0.1, -0.05) is 57.5 Å². The zero-order valence-corrected chi connectivity index (χ0v) is 13.6. The second-order valence-electron chi connectivity index (χ2n) is 7.96. The number of rotatable bonds is 0. The van der Waals surface area contributed by atoms with Crippen LogP contribution in [0.3, 0.4) is 0 Å². The molecule has 0 bridgehead atoms. The molecule has 0 aromatic heterocycles. The van der Waals surface area contributed by atoms with Gasteiger partial charge < -0.3 is 0 Å². The van der Waals surface area contributed by atoms with Crippen LogP contribution >= 0.6 is 15.9 Å². The lowest BCUT2D eigenvalue weighted by Crippen LogP contribution is -2.41. The fourth-order valence-electron chi connectivity index (χ4n) is 2.61. The Kier molecular flexibility index (Phi) is 3.91. The Hall–Kier alpha value is 0.480. The highest BCUT2D eigenvalue weighted by molar-refractivity contribution is 9.10. The number of halogens is 1. The topological polar surface area (TPSA) is 0 Å². The van der Waals surface area contributed by atoms with Gasteiger partial charge in [0.1, 0.15) is 0 Å². The van der Waals surface area contributed by atoms with Crippen LogP contribution in [0.4, 0.5) is 0 Å². The molecule has 0 nitrogen and oxygen atoms in total. The van der Waals surface area contributed by atoms with Crippen molar-refractivity contribution in [3.63, 3.8) is 0 Å². The van der Waals surface area contributed by atoms with Crippen molar-refractivity contribution in [2.24, 2.45) is 22.7 Å². The minimum atomic E-state index is 0.317. The van der Waals surface area contributed by atoms with Gasteiger partial charge in [0, 0.05) is 4.32 Å². The number of hydrogen-bond acceptors (Lipinski definition) is 0. The molecule has 95 valence electrons. The first-order chi connectivity index (χ1) is 6.92. The molecule has 1 fully saturated rings. The molecule has 1 heteroatoms. The molecule has 1 rings (SSSR count). The van der Waals surface area contributed by atoms with Crippen molar-refractivity contribution < 1.29 is 0 Å². The van der Waals surface area contributed by atoms with Gasteiger partial charge in [-0.05, 0) is 48.9 Å². The van der Waals surface area contributed by atoms with Crippen LogP contribution in [0.15, 0.2) is 0 Å². The highest BCUT2D eigenvalue weighted by Crippen LogP contribution is 2.51. The van der Waals surface area contributed by atoms with Crippen LogP contribution in [0.1, 0.15) is 61.3 Å². The van der Waals surface area contributed by atoms with Crippen LogP contribution in [0.5, 0.6) is 0 Å². The Bertz CT molecular complexity index is 215. The molecule has 0 spiro atoms. The molecule has 2 atom stereocenters. The summed E-state index contributed by atoms with van der Waals surface area (Å²) in [6.07, 6.45) is 5.16. The summed E-state index contributed by atoms with van der Waals surface area (Å²) < 4.78 is 0.317. The van der Waals surface area contributed by atoms with Crippen molar-refractivity contribution >= 4 is 15.9 Å². The predicted molar refractivity (Wildman–Crippen MR) is 76.8 cm³/mol. The van der Waals surface area contributed by atoms with E-state index in [1.807, 2.05) is 0 Å². The van der Waals surface area contributed by atoms with E-state index in [9.17, 15) is 0 Å². The van der Waals surface area contributed by atoms with Crippen LogP contribution in [0.25, 0.3) is 0 Å². The number of alkyl halides is 1. The standard InChI is InChI=1S/C15H28Br/c1-13(2,3)11-8-12(14(4,5)6)10-15(7,16)9-11/h8,11-12H,9-10H2,1-7H3. The van der Waals surface area contributed by atoms with Crippen molar-refractivity contribution in [3.05, 3.63) is 6.42 Å². The Balaban J connectivity index is 2.86. The summed E-state index contributed by atoms with van der Waals surface area (Å²) in [5.41, 5.74) is 0.776. The molecule has 0 aromatic carbocycles. The lowest BCUT2D eigenvalue weighted by atomic mass is 9.60. The summed E-state index contributed by atoms with van der Waals surface area (Å²) in [4.78, 5) is 0. The third-order valence-electron chi connectivity index (χ3n) is 3.98. The SMILES string of the molecule is CC1(Br)CC(C(C)(C)C)[CH]C(C(C)(C)C)C1. The third-order valence-corrected chi connectivity index (χ3v) is 4.63.